The van der Waals surface area contributed by atoms with Gasteiger partial charge in [-0.25, -0.2) is 0 Å². The minimum atomic E-state index is -0.688. The molecule has 1 aliphatic heterocycles. The van der Waals surface area contributed by atoms with Crippen LogP contribution in [0.25, 0.3) is 71.6 Å². The first kappa shape index (κ1) is 38.4. The summed E-state index contributed by atoms with van der Waals surface area (Å²) in [6.45, 7) is 0. The molecule has 1 aromatic heterocycles. The lowest BCUT2D eigenvalue weighted by molar-refractivity contribution is 0.435. The topological polar surface area (TPSA) is 17.4 Å². The van der Waals surface area contributed by atoms with Gasteiger partial charge in [0.25, 0.3) is 0 Å². The second-order valence-corrected chi connectivity index (χ2v) is 17.9. The van der Waals surface area contributed by atoms with Gasteiger partial charge in [0.15, 0.2) is 0 Å². The second kappa shape index (κ2) is 15.1. The van der Waals surface area contributed by atoms with Crippen LogP contribution in [-0.4, -0.2) is 4.57 Å². The van der Waals surface area contributed by atoms with Crippen molar-refractivity contribution in [3.8, 4) is 50.6 Å². The normalized spacial score (nSPS) is 12.9. The Balaban J connectivity index is 1.09. The number of anilines is 3. The summed E-state index contributed by atoms with van der Waals surface area (Å²) < 4.78 is 9.29. The van der Waals surface area contributed by atoms with Gasteiger partial charge >= 0.3 is 0 Å². The fourth-order valence-electron chi connectivity index (χ4n) is 11.7. The van der Waals surface area contributed by atoms with Crippen LogP contribution in [0.3, 0.4) is 0 Å². The monoisotopic (exact) mass is 866 g/mol. The number of hydrogen-bond donors (Lipinski definition) is 0. The van der Waals surface area contributed by atoms with Crippen LogP contribution in [0.2, 0.25) is 0 Å². The highest BCUT2D eigenvalue weighted by atomic mass is 16.5. The predicted molar refractivity (Wildman–Crippen MR) is 281 cm³/mol. The molecule has 0 saturated heterocycles. The van der Waals surface area contributed by atoms with Gasteiger partial charge in [-0.1, -0.05) is 200 Å². The Morgan fingerprint density at radius 1 is 0.353 bits per heavy atom. The highest BCUT2D eigenvalue weighted by Crippen LogP contribution is 2.62. The molecule has 318 valence electrons. The quantitative estimate of drug-likeness (QED) is 0.166. The summed E-state index contributed by atoms with van der Waals surface area (Å²) in [6, 6.07) is 93.1. The van der Waals surface area contributed by atoms with Crippen LogP contribution in [0.5, 0.6) is 11.5 Å². The average molecular weight is 867 g/mol. The molecule has 0 amide bonds. The molecule has 2 heterocycles. The molecule has 0 saturated carbocycles. The molecule has 3 nitrogen and oxygen atoms in total. The second-order valence-electron chi connectivity index (χ2n) is 17.9. The highest BCUT2D eigenvalue weighted by Gasteiger charge is 2.49. The van der Waals surface area contributed by atoms with E-state index in [1.165, 1.54) is 60.4 Å². The van der Waals surface area contributed by atoms with Crippen molar-refractivity contribution in [2.24, 2.45) is 0 Å². The smallest absolute Gasteiger partial charge is 0.132 e. The third kappa shape index (κ3) is 5.54. The van der Waals surface area contributed by atoms with Crippen molar-refractivity contribution >= 4 is 49.6 Å². The molecule has 2 aliphatic rings. The Kier molecular flexibility index (Phi) is 8.50. The maximum atomic E-state index is 6.82. The third-order valence-corrected chi connectivity index (χ3v) is 14.4. The molecule has 0 N–H and O–H groups in total. The molecular formula is C65H42N2O. The van der Waals surface area contributed by atoms with Crippen molar-refractivity contribution in [2.45, 2.75) is 5.41 Å². The van der Waals surface area contributed by atoms with Crippen molar-refractivity contribution < 1.29 is 4.74 Å². The van der Waals surface area contributed by atoms with E-state index in [1.54, 1.807) is 0 Å². The summed E-state index contributed by atoms with van der Waals surface area (Å²) in [6.07, 6.45) is 0. The van der Waals surface area contributed by atoms with Gasteiger partial charge in [-0.05, 0) is 98.8 Å². The van der Waals surface area contributed by atoms with Crippen LogP contribution in [0.4, 0.5) is 17.1 Å². The number of ether oxygens (including phenoxy) is 1. The van der Waals surface area contributed by atoms with Gasteiger partial charge in [0, 0.05) is 44.4 Å². The van der Waals surface area contributed by atoms with Crippen LogP contribution in [0.1, 0.15) is 22.3 Å². The summed E-state index contributed by atoms with van der Waals surface area (Å²) in [5.74, 6) is 1.75. The van der Waals surface area contributed by atoms with E-state index in [2.05, 4.69) is 264 Å². The van der Waals surface area contributed by atoms with E-state index in [4.69, 9.17) is 4.74 Å². The Labute approximate surface area is 395 Å². The lowest BCUT2D eigenvalue weighted by Gasteiger charge is -2.45. The molecular weight excluding hydrogens is 825 g/mol. The van der Waals surface area contributed by atoms with E-state index < -0.39 is 5.41 Å². The summed E-state index contributed by atoms with van der Waals surface area (Å²) in [7, 11) is 0. The molecule has 0 unspecified atom stereocenters. The first-order valence-corrected chi connectivity index (χ1v) is 23.4. The third-order valence-electron chi connectivity index (χ3n) is 14.4. The molecule has 0 fully saturated rings. The molecule has 1 spiro atoms. The van der Waals surface area contributed by atoms with Gasteiger partial charge in [-0.2, -0.15) is 0 Å². The largest absolute Gasteiger partial charge is 0.457 e. The number of aromatic nitrogens is 1. The van der Waals surface area contributed by atoms with E-state index in [0.717, 1.165) is 62.0 Å². The SMILES string of the molecule is c1ccc(-c2ccccc2N(c2ccc3c(c2)C2(c4ccccc4Oc4ccccc42)c2cccc4cccc-3c24)c2ccc3c4ccccc4n(-c4ccccc4-c4ccccc4)c3c2)cc1. The van der Waals surface area contributed by atoms with Crippen molar-refractivity contribution in [1.82, 2.24) is 4.57 Å². The van der Waals surface area contributed by atoms with Crippen molar-refractivity contribution in [2.75, 3.05) is 4.90 Å². The van der Waals surface area contributed by atoms with Gasteiger partial charge < -0.3 is 14.2 Å². The van der Waals surface area contributed by atoms with Crippen LogP contribution < -0.4 is 9.64 Å². The van der Waals surface area contributed by atoms with Crippen LogP contribution in [-0.2, 0) is 5.41 Å². The minimum Gasteiger partial charge on any atom is -0.457 e. The lowest BCUT2D eigenvalue weighted by atomic mass is 9.58. The fraction of sp³-hybridized carbons (Fsp3) is 0.0154. The van der Waals surface area contributed by atoms with Crippen molar-refractivity contribution in [3.63, 3.8) is 0 Å². The van der Waals surface area contributed by atoms with Crippen LogP contribution >= 0.6 is 0 Å². The van der Waals surface area contributed by atoms with Crippen molar-refractivity contribution in [3.05, 3.63) is 277 Å². The molecule has 12 aromatic rings. The Bertz CT molecular complexity index is 3910. The van der Waals surface area contributed by atoms with E-state index in [9.17, 15) is 0 Å². The molecule has 1 aliphatic carbocycles. The predicted octanol–water partition coefficient (Wildman–Crippen LogP) is 17.2. The van der Waals surface area contributed by atoms with E-state index in [1.807, 2.05) is 0 Å². The van der Waals surface area contributed by atoms with E-state index in [0.29, 0.717) is 0 Å². The fourth-order valence-corrected chi connectivity index (χ4v) is 11.7. The molecule has 68 heavy (non-hydrogen) atoms. The molecule has 0 bridgehead atoms. The maximum Gasteiger partial charge on any atom is 0.132 e. The van der Waals surface area contributed by atoms with Gasteiger partial charge in [0.2, 0.25) is 0 Å². The standard InChI is InChI=1S/C65H42N2O/c1-3-19-43(20-4-1)48-25-7-12-32-58(48)66(47-38-40-52-51-27-9-14-34-60(51)67(61(52)42-47)59-33-13-8-26-49(59)44-21-5-2-6-22-44)46-37-39-50-53-28-17-23-45-24-18-31-56(64(45)53)65(57(50)41-46)54-29-10-15-35-62(54)68-63-36-16-11-30-55(63)65/h1-42H. The zero-order valence-electron chi connectivity index (χ0n) is 37.1. The minimum absolute atomic E-state index is 0.688. The highest BCUT2D eigenvalue weighted by molar-refractivity contribution is 6.11. The van der Waals surface area contributed by atoms with E-state index in [-0.39, 0.29) is 0 Å². The number of nitrogens with zero attached hydrogens (tertiary/aromatic N) is 2. The number of benzene rings is 11. The first-order valence-electron chi connectivity index (χ1n) is 23.4. The number of rotatable bonds is 6. The summed E-state index contributed by atoms with van der Waals surface area (Å²) in [4.78, 5) is 2.49. The van der Waals surface area contributed by atoms with Crippen LogP contribution in [0.15, 0.2) is 255 Å². The Morgan fingerprint density at radius 2 is 0.912 bits per heavy atom. The molecule has 0 radical (unpaired) electrons. The van der Waals surface area contributed by atoms with Gasteiger partial charge in [-0.15, -0.1) is 0 Å². The van der Waals surface area contributed by atoms with Gasteiger partial charge in [0.05, 0.1) is 27.8 Å². The zero-order valence-corrected chi connectivity index (χ0v) is 37.1. The van der Waals surface area contributed by atoms with Gasteiger partial charge in [0.1, 0.15) is 11.5 Å². The molecule has 3 heteroatoms. The summed E-state index contributed by atoms with van der Waals surface area (Å²) in [5.41, 5.74) is 17.8. The maximum absolute atomic E-state index is 6.82. The summed E-state index contributed by atoms with van der Waals surface area (Å²) in [5, 5.41) is 4.93. The Hall–Kier alpha value is -8.92. The Morgan fingerprint density at radius 3 is 1.69 bits per heavy atom. The molecule has 14 rings (SSSR count). The number of para-hydroxylation sites is 5. The first-order chi connectivity index (χ1) is 33.8. The zero-order chi connectivity index (χ0) is 44.8. The van der Waals surface area contributed by atoms with E-state index >= 15 is 0 Å². The van der Waals surface area contributed by atoms with Crippen LogP contribution in [0, 0.1) is 0 Å². The molecule has 0 atom stereocenters. The number of fused-ring (bicyclic) bond motifs is 11. The van der Waals surface area contributed by atoms with Crippen molar-refractivity contribution in [1.29, 1.82) is 0 Å². The summed E-state index contributed by atoms with van der Waals surface area (Å²) >= 11 is 0. The lowest BCUT2D eigenvalue weighted by Crippen LogP contribution is -2.36. The average Bonchev–Trinajstić information content (AvgIpc) is 3.74. The molecule has 11 aromatic carbocycles. The number of hydrogen-bond acceptors (Lipinski definition) is 2. The van der Waals surface area contributed by atoms with Gasteiger partial charge in [-0.3, -0.25) is 0 Å².